The van der Waals surface area contributed by atoms with Crippen LogP contribution < -0.4 is 23.7 Å². The molecule has 4 atom stereocenters. The quantitative estimate of drug-likeness (QED) is 0.732. The normalized spacial score (nSPS) is 26.9. The molecule has 3 aliphatic rings. The molecular formula is C22H22O7. The Morgan fingerprint density at radius 3 is 2.31 bits per heavy atom. The lowest BCUT2D eigenvalue weighted by molar-refractivity contribution is -0.141. The molecule has 2 aromatic carbocycles. The Morgan fingerprint density at radius 1 is 0.966 bits per heavy atom. The van der Waals surface area contributed by atoms with Gasteiger partial charge in [-0.15, -0.1) is 0 Å². The molecule has 0 aromatic heterocycles. The molecule has 7 nitrogen and oxygen atoms in total. The van der Waals surface area contributed by atoms with Gasteiger partial charge in [0.25, 0.3) is 0 Å². The fourth-order valence-electron chi connectivity index (χ4n) is 4.57. The Balaban J connectivity index is 1.74. The minimum Gasteiger partial charge on any atom is -0.493 e. The van der Waals surface area contributed by atoms with E-state index in [0.717, 1.165) is 16.7 Å². The molecule has 0 radical (unpaired) electrons. The second-order valence-corrected chi connectivity index (χ2v) is 7.26. The fourth-order valence-corrected chi connectivity index (χ4v) is 4.57. The van der Waals surface area contributed by atoms with Crippen molar-refractivity contribution in [2.75, 3.05) is 34.7 Å². The molecule has 5 rings (SSSR count). The maximum Gasteiger partial charge on any atom is 0.310 e. The van der Waals surface area contributed by atoms with Crippen molar-refractivity contribution in [2.24, 2.45) is 11.8 Å². The van der Waals surface area contributed by atoms with Crippen LogP contribution >= 0.6 is 0 Å². The highest BCUT2D eigenvalue weighted by atomic mass is 16.7. The summed E-state index contributed by atoms with van der Waals surface area (Å²) in [6, 6.07) is 7.45. The van der Waals surface area contributed by atoms with Crippen LogP contribution in [-0.2, 0) is 15.9 Å². The number of ether oxygens (including phenoxy) is 6. The summed E-state index contributed by atoms with van der Waals surface area (Å²) in [7, 11) is 4.66. The molecule has 2 heterocycles. The predicted octanol–water partition coefficient (Wildman–Crippen LogP) is 2.92. The number of hydrogen-bond donors (Lipinski definition) is 0. The van der Waals surface area contributed by atoms with Gasteiger partial charge >= 0.3 is 5.97 Å². The summed E-state index contributed by atoms with van der Waals surface area (Å²) in [6.07, 6.45) is -0.593. The number of carbonyl (C=O) groups is 1. The topological polar surface area (TPSA) is 72.5 Å². The Morgan fingerprint density at radius 2 is 1.66 bits per heavy atom. The zero-order chi connectivity index (χ0) is 21.0. The highest BCUT2D eigenvalue weighted by Gasteiger charge is 2.48. The first-order valence-corrected chi connectivity index (χ1v) is 9.39. The largest absolute Gasteiger partial charge is 0.493 e. The Labute approximate surface area is 169 Å². The van der Waals surface area contributed by atoms with E-state index < -0.39 is 12.3 Å². The van der Waals surface area contributed by atoms with E-state index in [9.17, 15) is 4.79 Å². The van der Waals surface area contributed by atoms with Crippen molar-refractivity contribution >= 4 is 5.97 Å². The summed E-state index contributed by atoms with van der Waals surface area (Å²) in [6.45, 7) is 0.372. The summed E-state index contributed by atoms with van der Waals surface area (Å²) in [4.78, 5) is 12.8. The average molecular weight is 399 g/mol. The van der Waals surface area contributed by atoms with Crippen LogP contribution in [0, 0.1) is 11.8 Å². The molecule has 0 amide bonds. The number of esters is 1. The summed E-state index contributed by atoms with van der Waals surface area (Å²) >= 11 is 0. The van der Waals surface area contributed by atoms with Crippen LogP contribution in [0.1, 0.15) is 24.0 Å². The first kappa shape index (κ1) is 16.8. The molecule has 1 fully saturated rings. The number of rotatable bonds is 4. The second kappa shape index (κ2) is 6.76. The van der Waals surface area contributed by atoms with Crippen LogP contribution in [0.4, 0.5) is 0 Å². The Hall–Kier alpha value is -3.09. The third-order valence-electron chi connectivity index (χ3n) is 5.86. The molecule has 2 aromatic rings. The van der Waals surface area contributed by atoms with Gasteiger partial charge in [-0.1, -0.05) is 0 Å². The molecule has 0 bridgehead atoms. The average Bonchev–Trinajstić information content (AvgIpc) is 3.38. The van der Waals surface area contributed by atoms with Crippen molar-refractivity contribution in [3.8, 4) is 28.7 Å². The highest BCUT2D eigenvalue weighted by Crippen LogP contribution is 2.52. The van der Waals surface area contributed by atoms with E-state index in [0.29, 0.717) is 28.7 Å². The first-order valence-electron chi connectivity index (χ1n) is 9.97. The molecule has 1 saturated heterocycles. The van der Waals surface area contributed by atoms with Crippen LogP contribution in [0.15, 0.2) is 24.3 Å². The molecule has 0 spiro atoms. The standard InChI is InChI=1S/C22H22O7/c1-24-17-6-12(7-18(25-2)21(17)26-3)19-14-8-16-15(28-10-29-16)5-11(14)4-13-9-27-22(23)20(13)19/h5-8,13,19-20H,4,9-10H2,1-3H3/t13-,19+,20+/m0/s1/i4D/t4?,13-,19+,20+. The molecule has 0 N–H and O–H groups in total. The lowest BCUT2D eigenvalue weighted by Gasteiger charge is -2.34. The summed E-state index contributed by atoms with van der Waals surface area (Å²) in [5.74, 6) is 1.35. The number of methoxy groups -OCH3 is 3. The first-order chi connectivity index (χ1) is 14.6. The minimum absolute atomic E-state index is 0.143. The molecular weight excluding hydrogens is 376 g/mol. The third-order valence-corrected chi connectivity index (χ3v) is 5.86. The van der Waals surface area contributed by atoms with E-state index in [4.69, 9.17) is 29.8 Å². The highest BCUT2D eigenvalue weighted by molar-refractivity contribution is 5.78. The van der Waals surface area contributed by atoms with Crippen molar-refractivity contribution < 1.29 is 34.6 Å². The van der Waals surface area contributed by atoms with Crippen LogP contribution in [-0.4, -0.2) is 40.7 Å². The zero-order valence-electron chi connectivity index (χ0n) is 17.4. The lowest BCUT2D eigenvalue weighted by atomic mass is 9.67. The van der Waals surface area contributed by atoms with Gasteiger partial charge in [0.2, 0.25) is 12.5 Å². The SMILES string of the molecule is [2H]C1c2cc3c(cc2[C@@H](c2cc(OC)c(OC)c(OC)c2)[C@@H]2C(=O)OC[C@H]12)OCO3. The van der Waals surface area contributed by atoms with Crippen LogP contribution in [0.2, 0.25) is 0 Å². The maximum atomic E-state index is 12.8. The van der Waals surface area contributed by atoms with Crippen molar-refractivity contribution in [1.29, 1.82) is 0 Å². The number of cyclic esters (lactones) is 1. The predicted molar refractivity (Wildman–Crippen MR) is 102 cm³/mol. The summed E-state index contributed by atoms with van der Waals surface area (Å²) < 4.78 is 41.8. The van der Waals surface area contributed by atoms with Gasteiger partial charge in [0, 0.05) is 13.2 Å². The van der Waals surface area contributed by atoms with E-state index in [1.165, 1.54) is 0 Å². The number of fused-ring (bicyclic) bond motifs is 3. The fraction of sp³-hybridized carbons (Fsp3) is 0.409. The smallest absolute Gasteiger partial charge is 0.310 e. The van der Waals surface area contributed by atoms with Crippen molar-refractivity contribution in [3.05, 3.63) is 41.0 Å². The van der Waals surface area contributed by atoms with Crippen molar-refractivity contribution in [1.82, 2.24) is 0 Å². The van der Waals surface area contributed by atoms with Gasteiger partial charge in [-0.2, -0.15) is 0 Å². The Kier molecular flexibility index (Phi) is 3.92. The van der Waals surface area contributed by atoms with E-state index in [1.54, 1.807) is 21.3 Å². The number of carbonyl (C=O) groups excluding carboxylic acids is 1. The summed E-state index contributed by atoms with van der Waals surface area (Å²) in [5, 5.41) is 0. The molecule has 1 unspecified atom stereocenters. The van der Waals surface area contributed by atoms with Crippen LogP contribution in [0.25, 0.3) is 0 Å². The molecule has 7 heteroatoms. The van der Waals surface area contributed by atoms with Gasteiger partial charge in [-0.05, 0) is 47.4 Å². The molecule has 0 saturated carbocycles. The van der Waals surface area contributed by atoms with Crippen LogP contribution in [0.3, 0.4) is 0 Å². The van der Waals surface area contributed by atoms with Gasteiger partial charge in [0.1, 0.15) is 0 Å². The third kappa shape index (κ3) is 2.68. The number of benzene rings is 2. The minimum atomic E-state index is -0.593. The van der Waals surface area contributed by atoms with Gasteiger partial charge in [0.15, 0.2) is 23.0 Å². The van der Waals surface area contributed by atoms with E-state index in [2.05, 4.69) is 0 Å². The van der Waals surface area contributed by atoms with Crippen molar-refractivity contribution in [2.45, 2.75) is 12.3 Å². The molecule has 152 valence electrons. The van der Waals surface area contributed by atoms with Gasteiger partial charge in [-0.25, -0.2) is 0 Å². The molecule has 29 heavy (non-hydrogen) atoms. The monoisotopic (exact) mass is 399 g/mol. The lowest BCUT2D eigenvalue weighted by Crippen LogP contribution is -2.31. The Bertz CT molecular complexity index is 996. The van der Waals surface area contributed by atoms with E-state index in [-0.39, 0.29) is 31.2 Å². The zero-order valence-corrected chi connectivity index (χ0v) is 16.4. The molecule has 2 aliphatic heterocycles. The van der Waals surface area contributed by atoms with E-state index in [1.807, 2.05) is 24.3 Å². The van der Waals surface area contributed by atoms with Crippen molar-refractivity contribution in [3.63, 3.8) is 0 Å². The van der Waals surface area contributed by atoms with Gasteiger partial charge in [0.05, 0.1) is 33.9 Å². The van der Waals surface area contributed by atoms with Gasteiger partial charge < -0.3 is 28.4 Å². The second-order valence-electron chi connectivity index (χ2n) is 7.26. The molecule has 1 aliphatic carbocycles. The number of hydrogen-bond acceptors (Lipinski definition) is 7. The summed E-state index contributed by atoms with van der Waals surface area (Å²) in [5.41, 5.74) is 2.50. The van der Waals surface area contributed by atoms with Gasteiger partial charge in [-0.3, -0.25) is 4.79 Å². The maximum absolute atomic E-state index is 12.8. The van der Waals surface area contributed by atoms with E-state index >= 15 is 0 Å². The van der Waals surface area contributed by atoms with Crippen LogP contribution in [0.5, 0.6) is 28.7 Å².